The maximum atomic E-state index is 2.56. The predicted octanol–water partition coefficient (Wildman–Crippen LogP) is 2.01. The third kappa shape index (κ3) is 4.96. The van der Waals surface area contributed by atoms with Gasteiger partial charge < -0.3 is 0 Å². The van der Waals surface area contributed by atoms with Gasteiger partial charge in [0.1, 0.15) is 0 Å². The van der Waals surface area contributed by atoms with Crippen molar-refractivity contribution in [1.29, 1.82) is 0 Å². The van der Waals surface area contributed by atoms with Gasteiger partial charge in [0, 0.05) is 13.1 Å². The van der Waals surface area contributed by atoms with Gasteiger partial charge in [-0.25, -0.2) is 0 Å². The van der Waals surface area contributed by atoms with Crippen LogP contribution in [0.2, 0.25) is 0 Å². The second-order valence-corrected chi connectivity index (χ2v) is 4.78. The molecule has 0 bridgehead atoms. The van der Waals surface area contributed by atoms with Gasteiger partial charge in [0.2, 0.25) is 0 Å². The maximum absolute atomic E-state index is 2.56. The van der Waals surface area contributed by atoms with Gasteiger partial charge in [-0.15, -0.1) is 0 Å². The largest absolute Gasteiger partial charge is 0.280 e. The van der Waals surface area contributed by atoms with Crippen LogP contribution in [0, 0.1) is 0 Å². The molecule has 3 heteroatoms. The minimum Gasteiger partial charge on any atom is -0.280 e. The highest BCUT2D eigenvalue weighted by molar-refractivity contribution is 4.66. The lowest BCUT2D eigenvalue weighted by atomic mass is 10.3. The van der Waals surface area contributed by atoms with Crippen molar-refractivity contribution in [3.8, 4) is 0 Å². The lowest BCUT2D eigenvalue weighted by molar-refractivity contribution is -0.0168. The van der Waals surface area contributed by atoms with Gasteiger partial charge in [0.15, 0.2) is 0 Å². The molecule has 0 radical (unpaired) electrons. The molecule has 0 aromatic rings. The third-order valence-electron chi connectivity index (χ3n) is 2.94. The second-order valence-electron chi connectivity index (χ2n) is 4.78. The zero-order valence-electron chi connectivity index (χ0n) is 10.7. The Morgan fingerprint density at radius 1 is 0.800 bits per heavy atom. The number of unbranched alkanes of at least 4 members (excludes halogenated alkanes) is 2. The summed E-state index contributed by atoms with van der Waals surface area (Å²) in [6, 6.07) is 0. The lowest BCUT2D eigenvalue weighted by Crippen LogP contribution is -2.53. The van der Waals surface area contributed by atoms with Crippen molar-refractivity contribution in [3.63, 3.8) is 0 Å². The molecule has 0 spiro atoms. The van der Waals surface area contributed by atoms with E-state index in [0.717, 1.165) is 13.3 Å². The zero-order chi connectivity index (χ0) is 11.1. The molecular weight excluding hydrogens is 186 g/mol. The van der Waals surface area contributed by atoms with Crippen LogP contribution in [0.4, 0.5) is 0 Å². The summed E-state index contributed by atoms with van der Waals surface area (Å²) in [6.07, 6.45) is 5.26. The smallest absolute Gasteiger partial charge is 0.0529 e. The molecule has 3 nitrogen and oxygen atoms in total. The maximum Gasteiger partial charge on any atom is 0.0529 e. The first-order valence-electron chi connectivity index (χ1n) is 6.39. The van der Waals surface area contributed by atoms with Gasteiger partial charge in [-0.1, -0.05) is 26.7 Å². The Morgan fingerprint density at radius 3 is 1.67 bits per heavy atom. The summed E-state index contributed by atoms with van der Waals surface area (Å²) in [4.78, 5) is 7.53. The number of nitrogens with zero attached hydrogens (tertiary/aromatic N) is 3. The highest BCUT2D eigenvalue weighted by Gasteiger charge is 2.19. The zero-order valence-corrected chi connectivity index (χ0v) is 10.7. The summed E-state index contributed by atoms with van der Waals surface area (Å²) < 4.78 is 0. The van der Waals surface area contributed by atoms with Gasteiger partial charge in [-0.3, -0.25) is 14.7 Å². The Kier molecular flexibility index (Phi) is 6.22. The molecule has 0 saturated carbocycles. The van der Waals surface area contributed by atoms with Crippen molar-refractivity contribution in [2.75, 3.05) is 40.1 Å². The van der Waals surface area contributed by atoms with Gasteiger partial charge in [-0.05, 0) is 19.9 Å². The van der Waals surface area contributed by atoms with E-state index in [9.17, 15) is 0 Å². The SMILES string of the molecule is CCCCN1CN(C)CN(CCCC)C1. The first-order chi connectivity index (χ1) is 7.26. The second kappa shape index (κ2) is 7.20. The minimum absolute atomic E-state index is 1.14. The van der Waals surface area contributed by atoms with Crippen LogP contribution in [0.5, 0.6) is 0 Å². The van der Waals surface area contributed by atoms with Crippen LogP contribution in [0.15, 0.2) is 0 Å². The fraction of sp³-hybridized carbons (Fsp3) is 1.00. The molecule has 1 rings (SSSR count). The molecule has 0 unspecified atom stereocenters. The fourth-order valence-corrected chi connectivity index (χ4v) is 2.15. The van der Waals surface area contributed by atoms with E-state index >= 15 is 0 Å². The fourth-order valence-electron chi connectivity index (χ4n) is 2.15. The van der Waals surface area contributed by atoms with E-state index in [1.165, 1.54) is 45.4 Å². The summed E-state index contributed by atoms with van der Waals surface area (Å²) in [6.45, 7) is 10.5. The van der Waals surface area contributed by atoms with E-state index < -0.39 is 0 Å². The predicted molar refractivity (Wildman–Crippen MR) is 65.6 cm³/mol. The van der Waals surface area contributed by atoms with E-state index in [-0.39, 0.29) is 0 Å². The van der Waals surface area contributed by atoms with Crippen LogP contribution < -0.4 is 0 Å². The Balaban J connectivity index is 2.27. The molecule has 0 aliphatic carbocycles. The normalized spacial score (nSPS) is 21.0. The highest BCUT2D eigenvalue weighted by Crippen LogP contribution is 2.07. The molecule has 0 N–H and O–H groups in total. The number of hydrogen-bond donors (Lipinski definition) is 0. The van der Waals surface area contributed by atoms with E-state index in [2.05, 4.69) is 35.6 Å². The molecule has 90 valence electrons. The molecule has 1 fully saturated rings. The summed E-state index contributed by atoms with van der Waals surface area (Å²) in [5.74, 6) is 0. The lowest BCUT2D eigenvalue weighted by Gasteiger charge is -2.40. The number of hydrogen-bond acceptors (Lipinski definition) is 3. The summed E-state index contributed by atoms with van der Waals surface area (Å²) in [7, 11) is 2.22. The highest BCUT2D eigenvalue weighted by atomic mass is 15.5. The first-order valence-corrected chi connectivity index (χ1v) is 6.39. The van der Waals surface area contributed by atoms with Crippen LogP contribution in [0.25, 0.3) is 0 Å². The van der Waals surface area contributed by atoms with Crippen LogP contribution in [-0.2, 0) is 0 Å². The Morgan fingerprint density at radius 2 is 1.27 bits per heavy atom. The van der Waals surface area contributed by atoms with Crippen molar-refractivity contribution in [2.45, 2.75) is 39.5 Å². The molecule has 15 heavy (non-hydrogen) atoms. The van der Waals surface area contributed by atoms with Crippen molar-refractivity contribution in [2.24, 2.45) is 0 Å². The van der Waals surface area contributed by atoms with E-state index in [4.69, 9.17) is 0 Å². The monoisotopic (exact) mass is 213 g/mol. The van der Waals surface area contributed by atoms with Crippen LogP contribution in [-0.4, -0.2) is 54.8 Å². The van der Waals surface area contributed by atoms with Crippen molar-refractivity contribution >= 4 is 0 Å². The first kappa shape index (κ1) is 12.9. The molecule has 1 saturated heterocycles. The molecule has 0 aromatic carbocycles. The summed E-state index contributed by atoms with van der Waals surface area (Å²) in [5.41, 5.74) is 0. The van der Waals surface area contributed by atoms with Crippen molar-refractivity contribution in [1.82, 2.24) is 14.7 Å². The molecule has 0 amide bonds. The summed E-state index contributed by atoms with van der Waals surface area (Å²) >= 11 is 0. The average molecular weight is 213 g/mol. The molecule has 0 atom stereocenters. The van der Waals surface area contributed by atoms with Crippen molar-refractivity contribution < 1.29 is 0 Å². The molecule has 0 aromatic heterocycles. The van der Waals surface area contributed by atoms with Crippen molar-refractivity contribution in [3.05, 3.63) is 0 Å². The van der Waals surface area contributed by atoms with Gasteiger partial charge in [0.25, 0.3) is 0 Å². The molecule has 1 aliphatic heterocycles. The van der Waals surface area contributed by atoms with Crippen LogP contribution >= 0.6 is 0 Å². The van der Waals surface area contributed by atoms with E-state index in [1.54, 1.807) is 0 Å². The number of rotatable bonds is 6. The standard InChI is InChI=1S/C12H27N3/c1-4-6-8-14-10-13(3)11-15(12-14)9-7-5-2/h4-12H2,1-3H3. The Labute approximate surface area is 95.0 Å². The quantitative estimate of drug-likeness (QED) is 0.668. The van der Waals surface area contributed by atoms with Gasteiger partial charge in [-0.2, -0.15) is 0 Å². The van der Waals surface area contributed by atoms with Crippen LogP contribution in [0.3, 0.4) is 0 Å². The summed E-state index contributed by atoms with van der Waals surface area (Å²) in [5, 5.41) is 0. The molecule has 1 aliphatic rings. The van der Waals surface area contributed by atoms with Gasteiger partial charge >= 0.3 is 0 Å². The average Bonchev–Trinajstić information content (AvgIpc) is 2.23. The Hall–Kier alpha value is -0.120. The van der Waals surface area contributed by atoms with E-state index in [0.29, 0.717) is 0 Å². The van der Waals surface area contributed by atoms with E-state index in [1.807, 2.05) is 0 Å². The third-order valence-corrected chi connectivity index (χ3v) is 2.94. The van der Waals surface area contributed by atoms with Gasteiger partial charge in [0.05, 0.1) is 20.0 Å². The Bertz CT molecular complexity index is 145. The molecule has 1 heterocycles. The molecular formula is C12H27N3. The van der Waals surface area contributed by atoms with Crippen LogP contribution in [0.1, 0.15) is 39.5 Å². The minimum atomic E-state index is 1.14. The topological polar surface area (TPSA) is 9.72 Å².